The van der Waals surface area contributed by atoms with Gasteiger partial charge in [0.25, 0.3) is 11.8 Å². The van der Waals surface area contributed by atoms with Crippen molar-refractivity contribution in [2.24, 2.45) is 5.92 Å². The smallest absolute Gasteiger partial charge is 0.415 e. The van der Waals surface area contributed by atoms with Crippen LogP contribution in [0.25, 0.3) is 10.8 Å². The number of hydrazine groups is 1. The Morgan fingerprint density at radius 3 is 2.26 bits per heavy atom. The largest absolute Gasteiger partial charge is 0.464 e. The summed E-state index contributed by atoms with van der Waals surface area (Å²) in [5.41, 5.74) is 2.30. The lowest BCUT2D eigenvalue weighted by molar-refractivity contribution is -0.145. The van der Waals surface area contributed by atoms with Crippen LogP contribution in [0.3, 0.4) is 0 Å². The molecule has 1 fully saturated rings. The number of amides is 3. The molecule has 1 N–H and O–H groups in total. The van der Waals surface area contributed by atoms with Crippen molar-refractivity contribution in [3.05, 3.63) is 42.5 Å². The first-order valence-corrected chi connectivity index (χ1v) is 12.8. The first kappa shape index (κ1) is 28.9. The highest BCUT2D eigenvalue weighted by Crippen LogP contribution is 2.27. The molecule has 0 spiro atoms. The minimum absolute atomic E-state index is 0.00297. The monoisotopic (exact) mass is 527 g/mol. The molecular weight excluding hydrogens is 490 g/mol. The Balaban J connectivity index is 1.85. The van der Waals surface area contributed by atoms with Crippen LogP contribution in [0.4, 0.5) is 10.5 Å². The summed E-state index contributed by atoms with van der Waals surface area (Å²) < 4.78 is 15.8. The van der Waals surface area contributed by atoms with Crippen LogP contribution in [0, 0.1) is 5.92 Å². The van der Waals surface area contributed by atoms with E-state index in [0.717, 1.165) is 15.8 Å². The summed E-state index contributed by atoms with van der Waals surface area (Å²) in [7, 11) is 0. The van der Waals surface area contributed by atoms with Crippen molar-refractivity contribution in [3.8, 4) is 0 Å². The standard InChI is InChI=1S/C28H37N3O7/c1-8-36-26(34)23-22(37-23)25(33)30(16-17(2)3)29-24(32)18(4)31(27(35)38-28(5,6)7)21-14-13-19-11-9-10-12-20(19)15-21/h9-15,17-18,22-23H,8,16H2,1-7H3,(H,29,32)/t18-,22-,23-/m0/s1. The lowest BCUT2D eigenvalue weighted by Crippen LogP contribution is -2.57. The van der Waals surface area contributed by atoms with E-state index in [4.69, 9.17) is 14.2 Å². The molecule has 3 atom stereocenters. The van der Waals surface area contributed by atoms with Gasteiger partial charge >= 0.3 is 12.1 Å². The van der Waals surface area contributed by atoms with Gasteiger partial charge in [-0.3, -0.25) is 24.9 Å². The zero-order chi connectivity index (χ0) is 28.2. The summed E-state index contributed by atoms with van der Waals surface area (Å²) in [5, 5.41) is 3.01. The number of fused-ring (bicyclic) bond motifs is 1. The molecule has 1 aliphatic rings. The van der Waals surface area contributed by atoms with E-state index in [1.54, 1.807) is 40.7 Å². The van der Waals surface area contributed by atoms with Crippen LogP contribution in [0.2, 0.25) is 0 Å². The Morgan fingerprint density at radius 1 is 1.00 bits per heavy atom. The van der Waals surface area contributed by atoms with E-state index >= 15 is 0 Å². The highest BCUT2D eigenvalue weighted by Gasteiger charge is 2.53. The van der Waals surface area contributed by atoms with Gasteiger partial charge in [-0.1, -0.05) is 44.2 Å². The van der Waals surface area contributed by atoms with Crippen molar-refractivity contribution in [2.45, 2.75) is 72.3 Å². The van der Waals surface area contributed by atoms with Crippen molar-refractivity contribution in [1.82, 2.24) is 10.4 Å². The van der Waals surface area contributed by atoms with Crippen molar-refractivity contribution in [3.63, 3.8) is 0 Å². The first-order valence-electron chi connectivity index (χ1n) is 12.8. The summed E-state index contributed by atoms with van der Waals surface area (Å²) >= 11 is 0. The summed E-state index contributed by atoms with van der Waals surface area (Å²) in [6.07, 6.45) is -2.74. The number of ether oxygens (including phenoxy) is 3. The Kier molecular flexibility index (Phi) is 8.98. The van der Waals surface area contributed by atoms with Crippen LogP contribution in [-0.4, -0.2) is 65.9 Å². The number of rotatable bonds is 8. The molecule has 0 radical (unpaired) electrons. The normalized spacial score (nSPS) is 17.5. The predicted molar refractivity (Wildman–Crippen MR) is 142 cm³/mol. The minimum atomic E-state index is -1.05. The average molecular weight is 528 g/mol. The van der Waals surface area contributed by atoms with E-state index in [-0.39, 0.29) is 19.1 Å². The second-order valence-corrected chi connectivity index (χ2v) is 10.6. The van der Waals surface area contributed by atoms with Gasteiger partial charge in [-0.05, 0) is 63.4 Å². The van der Waals surface area contributed by atoms with Crippen LogP contribution in [0.15, 0.2) is 42.5 Å². The number of hydrogen-bond donors (Lipinski definition) is 1. The van der Waals surface area contributed by atoms with Gasteiger partial charge in [0, 0.05) is 12.2 Å². The molecule has 38 heavy (non-hydrogen) atoms. The molecular formula is C28H37N3O7. The molecule has 1 aliphatic heterocycles. The lowest BCUT2D eigenvalue weighted by atomic mass is 10.1. The maximum Gasteiger partial charge on any atom is 0.415 e. The van der Waals surface area contributed by atoms with Crippen molar-refractivity contribution < 1.29 is 33.4 Å². The average Bonchev–Trinajstić information content (AvgIpc) is 3.63. The SMILES string of the molecule is CCOC(=O)[C@H]1O[C@@H]1C(=O)N(CC(C)C)NC(=O)[C@H](C)N(C(=O)OC(C)(C)C)c1ccc2ccccc2c1. The molecule has 0 bridgehead atoms. The third-order valence-electron chi connectivity index (χ3n) is 5.68. The van der Waals surface area contributed by atoms with Crippen LogP contribution < -0.4 is 10.3 Å². The Labute approximate surface area is 223 Å². The molecule has 1 saturated heterocycles. The van der Waals surface area contributed by atoms with Gasteiger partial charge in [-0.2, -0.15) is 0 Å². The Morgan fingerprint density at radius 2 is 1.66 bits per heavy atom. The second kappa shape index (κ2) is 11.8. The molecule has 3 rings (SSSR count). The Bertz CT molecular complexity index is 1190. The molecule has 0 aromatic heterocycles. The fourth-order valence-electron chi connectivity index (χ4n) is 3.88. The number of benzene rings is 2. The molecule has 3 amide bonds. The number of hydrogen-bond acceptors (Lipinski definition) is 7. The lowest BCUT2D eigenvalue weighted by Gasteiger charge is -2.33. The maximum atomic E-state index is 13.5. The van der Waals surface area contributed by atoms with E-state index in [0.29, 0.717) is 5.69 Å². The van der Waals surface area contributed by atoms with Crippen molar-refractivity contribution in [1.29, 1.82) is 0 Å². The number of epoxide rings is 1. The second-order valence-electron chi connectivity index (χ2n) is 10.6. The molecule has 0 aliphatic carbocycles. The first-order chi connectivity index (χ1) is 17.8. The number of carbonyl (C=O) groups excluding carboxylic acids is 4. The van der Waals surface area contributed by atoms with Gasteiger partial charge in [0.05, 0.1) is 6.61 Å². The summed E-state index contributed by atoms with van der Waals surface area (Å²) in [6, 6.07) is 12.0. The summed E-state index contributed by atoms with van der Waals surface area (Å²) in [6.45, 7) is 12.6. The third-order valence-corrected chi connectivity index (χ3v) is 5.68. The molecule has 0 unspecified atom stereocenters. The van der Waals surface area contributed by atoms with E-state index < -0.39 is 47.7 Å². The van der Waals surface area contributed by atoms with Gasteiger partial charge in [0.15, 0.2) is 12.2 Å². The van der Waals surface area contributed by atoms with Crippen molar-refractivity contribution in [2.75, 3.05) is 18.1 Å². The third kappa shape index (κ3) is 7.22. The molecule has 10 nitrogen and oxygen atoms in total. The number of esters is 1. The molecule has 1 heterocycles. The highest BCUT2D eigenvalue weighted by atomic mass is 16.6. The van der Waals surface area contributed by atoms with Crippen LogP contribution in [0.1, 0.15) is 48.5 Å². The number of nitrogens with one attached hydrogen (secondary N) is 1. The van der Waals surface area contributed by atoms with E-state index in [2.05, 4.69) is 5.43 Å². The van der Waals surface area contributed by atoms with E-state index in [1.165, 1.54) is 4.90 Å². The van der Waals surface area contributed by atoms with Gasteiger partial charge in [-0.15, -0.1) is 0 Å². The topological polar surface area (TPSA) is 118 Å². The molecule has 2 aromatic rings. The highest BCUT2D eigenvalue weighted by molar-refractivity contribution is 6.00. The van der Waals surface area contributed by atoms with Crippen LogP contribution in [-0.2, 0) is 28.6 Å². The fourth-order valence-corrected chi connectivity index (χ4v) is 3.88. The molecule has 206 valence electrons. The van der Waals surface area contributed by atoms with Crippen LogP contribution in [0.5, 0.6) is 0 Å². The number of nitrogens with zero attached hydrogens (tertiary/aromatic N) is 2. The maximum absolute atomic E-state index is 13.5. The van der Waals surface area contributed by atoms with Crippen molar-refractivity contribution >= 4 is 40.3 Å². The zero-order valence-corrected chi connectivity index (χ0v) is 23.0. The molecule has 10 heteroatoms. The Hall–Kier alpha value is -3.66. The predicted octanol–water partition coefficient (Wildman–Crippen LogP) is 3.82. The zero-order valence-electron chi connectivity index (χ0n) is 23.0. The van der Waals surface area contributed by atoms with Gasteiger partial charge in [0.1, 0.15) is 11.6 Å². The van der Waals surface area contributed by atoms with Gasteiger partial charge in [-0.25, -0.2) is 9.59 Å². The van der Waals surface area contributed by atoms with E-state index in [1.807, 2.05) is 50.2 Å². The fraction of sp³-hybridized carbons (Fsp3) is 0.500. The van der Waals surface area contributed by atoms with E-state index in [9.17, 15) is 19.2 Å². The molecule has 2 aromatic carbocycles. The minimum Gasteiger partial charge on any atom is -0.464 e. The number of anilines is 1. The molecule has 0 saturated carbocycles. The summed E-state index contributed by atoms with van der Waals surface area (Å²) in [5.74, 6) is -1.79. The quantitative estimate of drug-likeness (QED) is 0.315. The van der Waals surface area contributed by atoms with Gasteiger partial charge in [0.2, 0.25) is 0 Å². The summed E-state index contributed by atoms with van der Waals surface area (Å²) in [4.78, 5) is 53.1. The van der Waals surface area contributed by atoms with Gasteiger partial charge < -0.3 is 14.2 Å². The van der Waals surface area contributed by atoms with Crippen LogP contribution >= 0.6 is 0 Å². The number of carbonyl (C=O) groups is 4.